The summed E-state index contributed by atoms with van der Waals surface area (Å²) in [6, 6.07) is 16.3. The van der Waals surface area contributed by atoms with E-state index in [9.17, 15) is 9.59 Å². The van der Waals surface area contributed by atoms with Crippen LogP contribution in [0.4, 0.5) is 0 Å². The average Bonchev–Trinajstić information content (AvgIpc) is 3.34. The van der Waals surface area contributed by atoms with Crippen molar-refractivity contribution in [2.75, 3.05) is 6.54 Å². The second-order valence-electron chi connectivity index (χ2n) is 6.47. The van der Waals surface area contributed by atoms with Crippen LogP contribution < -0.4 is 10.9 Å². The minimum atomic E-state index is -0.262. The summed E-state index contributed by atoms with van der Waals surface area (Å²) < 4.78 is 9.18. The van der Waals surface area contributed by atoms with Gasteiger partial charge in [-0.15, -0.1) is 0 Å². The van der Waals surface area contributed by atoms with Crippen molar-refractivity contribution in [3.05, 3.63) is 89.0 Å². The molecule has 0 bridgehead atoms. The molecule has 0 atom stereocenters. The van der Waals surface area contributed by atoms with Gasteiger partial charge in [-0.25, -0.2) is 4.98 Å². The number of para-hydroxylation sites is 2. The van der Waals surface area contributed by atoms with Crippen LogP contribution in [0.15, 0.2) is 76.3 Å². The third-order valence-corrected chi connectivity index (χ3v) is 4.50. The van der Waals surface area contributed by atoms with E-state index in [0.717, 1.165) is 24.0 Å². The number of fused-ring (bicyclic) bond motifs is 1. The van der Waals surface area contributed by atoms with E-state index in [1.54, 1.807) is 30.5 Å². The second-order valence-corrected chi connectivity index (χ2v) is 6.47. The maximum Gasteiger partial charge on any atom is 0.286 e. The number of aryl methyl sites for hydroxylation is 1. The lowest BCUT2D eigenvalue weighted by Gasteiger charge is -2.06. The number of amides is 1. The van der Waals surface area contributed by atoms with Crippen LogP contribution in [0.5, 0.6) is 0 Å². The largest absolute Gasteiger partial charge is 0.454 e. The van der Waals surface area contributed by atoms with Crippen LogP contribution in [-0.2, 0) is 13.1 Å². The van der Waals surface area contributed by atoms with Gasteiger partial charge in [0.05, 0.1) is 23.9 Å². The molecule has 0 saturated heterocycles. The number of nitrogens with one attached hydrogen (secondary N) is 1. The fourth-order valence-corrected chi connectivity index (χ4v) is 3.07. The van der Waals surface area contributed by atoms with Gasteiger partial charge in [-0.2, -0.15) is 0 Å². The van der Waals surface area contributed by atoms with Crippen molar-refractivity contribution in [3.8, 4) is 0 Å². The molecule has 0 aliphatic rings. The standard InChI is InChI=1S/C21H20N4O3/c26-20-8-3-4-12-24(20)14-16-9-10-19(28-16)21(27)22-11-5-13-25-15-23-17-6-1-2-7-18(17)25/h1-4,6-10,12,15H,5,11,13-14H2,(H,22,27). The van der Waals surface area contributed by atoms with E-state index in [1.807, 2.05) is 30.6 Å². The molecule has 1 amide bonds. The lowest BCUT2D eigenvalue weighted by Crippen LogP contribution is -2.24. The normalized spacial score (nSPS) is 11.0. The summed E-state index contributed by atoms with van der Waals surface area (Å²) in [4.78, 5) is 28.4. The number of furan rings is 1. The molecule has 0 radical (unpaired) electrons. The molecule has 0 aliphatic carbocycles. The lowest BCUT2D eigenvalue weighted by molar-refractivity contribution is 0.0923. The maximum atomic E-state index is 12.3. The van der Waals surface area contributed by atoms with E-state index in [0.29, 0.717) is 18.8 Å². The van der Waals surface area contributed by atoms with Crippen molar-refractivity contribution in [3.63, 3.8) is 0 Å². The number of nitrogens with zero attached hydrogens (tertiary/aromatic N) is 3. The number of carbonyl (C=O) groups excluding carboxylic acids is 1. The van der Waals surface area contributed by atoms with Gasteiger partial charge < -0.3 is 18.9 Å². The van der Waals surface area contributed by atoms with Crippen LogP contribution in [0.1, 0.15) is 22.7 Å². The van der Waals surface area contributed by atoms with Gasteiger partial charge in [-0.3, -0.25) is 9.59 Å². The molecule has 0 spiro atoms. The van der Waals surface area contributed by atoms with Crippen molar-refractivity contribution in [1.29, 1.82) is 0 Å². The van der Waals surface area contributed by atoms with E-state index in [1.165, 1.54) is 10.6 Å². The van der Waals surface area contributed by atoms with Gasteiger partial charge in [0, 0.05) is 25.4 Å². The highest BCUT2D eigenvalue weighted by molar-refractivity contribution is 5.91. The highest BCUT2D eigenvalue weighted by Gasteiger charge is 2.11. The molecule has 4 rings (SSSR count). The molecule has 7 heteroatoms. The fourth-order valence-electron chi connectivity index (χ4n) is 3.07. The zero-order chi connectivity index (χ0) is 19.3. The molecule has 1 aromatic carbocycles. The zero-order valence-electron chi connectivity index (χ0n) is 15.2. The minimum Gasteiger partial charge on any atom is -0.454 e. The zero-order valence-corrected chi connectivity index (χ0v) is 15.2. The SMILES string of the molecule is O=C(NCCCn1cnc2ccccc21)c1ccc(Cn2ccccc2=O)o1. The Balaban J connectivity index is 1.29. The molecular formula is C21H20N4O3. The molecule has 0 saturated carbocycles. The fraction of sp³-hybridized carbons (Fsp3) is 0.190. The number of imidazole rings is 1. The molecule has 28 heavy (non-hydrogen) atoms. The topological polar surface area (TPSA) is 82.1 Å². The quantitative estimate of drug-likeness (QED) is 0.503. The molecule has 1 N–H and O–H groups in total. The highest BCUT2D eigenvalue weighted by Crippen LogP contribution is 2.12. The Kier molecular flexibility index (Phi) is 5.05. The number of rotatable bonds is 7. The lowest BCUT2D eigenvalue weighted by atomic mass is 10.3. The van der Waals surface area contributed by atoms with Crippen LogP contribution in [0.2, 0.25) is 0 Å². The van der Waals surface area contributed by atoms with Crippen LogP contribution in [0.3, 0.4) is 0 Å². The van der Waals surface area contributed by atoms with Gasteiger partial charge in [0.1, 0.15) is 5.76 Å². The van der Waals surface area contributed by atoms with Gasteiger partial charge in [0.2, 0.25) is 0 Å². The maximum absolute atomic E-state index is 12.3. The number of benzene rings is 1. The predicted molar refractivity (Wildman–Crippen MR) is 105 cm³/mol. The van der Waals surface area contributed by atoms with Crippen LogP contribution in [-0.4, -0.2) is 26.6 Å². The van der Waals surface area contributed by atoms with Crippen molar-refractivity contribution < 1.29 is 9.21 Å². The van der Waals surface area contributed by atoms with E-state index in [-0.39, 0.29) is 17.2 Å². The number of aromatic nitrogens is 3. The summed E-state index contributed by atoms with van der Waals surface area (Å²) in [5.41, 5.74) is 1.93. The van der Waals surface area contributed by atoms with E-state index in [2.05, 4.69) is 14.9 Å². The van der Waals surface area contributed by atoms with Gasteiger partial charge in [0.15, 0.2) is 5.76 Å². The van der Waals surface area contributed by atoms with Crippen LogP contribution in [0, 0.1) is 0 Å². The van der Waals surface area contributed by atoms with Crippen molar-refractivity contribution >= 4 is 16.9 Å². The monoisotopic (exact) mass is 376 g/mol. The molecule has 4 aromatic rings. The highest BCUT2D eigenvalue weighted by atomic mass is 16.4. The summed E-state index contributed by atoms with van der Waals surface area (Å²) >= 11 is 0. The molecule has 3 aromatic heterocycles. The molecule has 0 fully saturated rings. The second kappa shape index (κ2) is 7.96. The smallest absolute Gasteiger partial charge is 0.286 e. The summed E-state index contributed by atoms with van der Waals surface area (Å²) in [5, 5.41) is 2.86. The van der Waals surface area contributed by atoms with Crippen molar-refractivity contribution in [1.82, 2.24) is 19.4 Å². The van der Waals surface area contributed by atoms with Crippen LogP contribution >= 0.6 is 0 Å². The van der Waals surface area contributed by atoms with Crippen molar-refractivity contribution in [2.24, 2.45) is 0 Å². The molecule has 0 unspecified atom stereocenters. The Morgan fingerprint density at radius 1 is 1.04 bits per heavy atom. The molecule has 142 valence electrons. The van der Waals surface area contributed by atoms with E-state index < -0.39 is 0 Å². The Bertz CT molecular complexity index is 1160. The van der Waals surface area contributed by atoms with Crippen LogP contribution in [0.25, 0.3) is 11.0 Å². The van der Waals surface area contributed by atoms with Gasteiger partial charge in [0.25, 0.3) is 11.5 Å². The van der Waals surface area contributed by atoms with Gasteiger partial charge in [-0.1, -0.05) is 18.2 Å². The first-order chi connectivity index (χ1) is 13.7. The molecular weight excluding hydrogens is 356 g/mol. The average molecular weight is 376 g/mol. The Labute approximate surface area is 161 Å². The summed E-state index contributed by atoms with van der Waals surface area (Å²) in [6.45, 7) is 1.58. The van der Waals surface area contributed by atoms with E-state index >= 15 is 0 Å². The molecule has 0 aliphatic heterocycles. The van der Waals surface area contributed by atoms with E-state index in [4.69, 9.17) is 4.42 Å². The van der Waals surface area contributed by atoms with Gasteiger partial charge >= 0.3 is 0 Å². The Hall–Kier alpha value is -3.61. The first-order valence-electron chi connectivity index (χ1n) is 9.13. The summed E-state index contributed by atoms with van der Waals surface area (Å²) in [6.07, 6.45) is 4.28. The number of hydrogen-bond donors (Lipinski definition) is 1. The first-order valence-corrected chi connectivity index (χ1v) is 9.13. The Morgan fingerprint density at radius 3 is 2.79 bits per heavy atom. The third-order valence-electron chi connectivity index (χ3n) is 4.50. The summed E-state index contributed by atoms with van der Waals surface area (Å²) in [5.74, 6) is 0.539. The number of hydrogen-bond acceptors (Lipinski definition) is 4. The number of carbonyl (C=O) groups is 1. The molecule has 7 nitrogen and oxygen atoms in total. The predicted octanol–water partition coefficient (Wildman–Crippen LogP) is 2.66. The Morgan fingerprint density at radius 2 is 1.89 bits per heavy atom. The van der Waals surface area contributed by atoms with Crippen molar-refractivity contribution in [2.45, 2.75) is 19.5 Å². The summed E-state index contributed by atoms with van der Waals surface area (Å²) in [7, 11) is 0. The number of pyridine rings is 1. The van der Waals surface area contributed by atoms with Gasteiger partial charge in [-0.05, 0) is 36.8 Å². The minimum absolute atomic E-state index is 0.114. The third kappa shape index (κ3) is 3.88. The molecule has 3 heterocycles. The first kappa shape index (κ1) is 17.8.